The van der Waals surface area contributed by atoms with Crippen LogP contribution in [0.4, 0.5) is 10.1 Å². The molecule has 1 amide bonds. The van der Waals surface area contributed by atoms with Crippen LogP contribution in [-0.4, -0.2) is 13.0 Å². The van der Waals surface area contributed by atoms with Gasteiger partial charge >= 0.3 is 0 Å². The second kappa shape index (κ2) is 6.25. The van der Waals surface area contributed by atoms with E-state index in [1.807, 2.05) is 6.07 Å². The largest absolute Gasteiger partial charge is 0.496 e. The Hall–Kier alpha value is -2.58. The lowest BCUT2D eigenvalue weighted by Crippen LogP contribution is -2.14. The fraction of sp³-hybridized carbons (Fsp3) is 0.0667. The summed E-state index contributed by atoms with van der Waals surface area (Å²) in [5.41, 5.74) is 0.521. The number of methoxy groups -OCH3 is 1. The van der Waals surface area contributed by atoms with E-state index in [9.17, 15) is 9.18 Å². The zero-order valence-electron chi connectivity index (χ0n) is 11.0. The summed E-state index contributed by atoms with van der Waals surface area (Å²) in [5, 5.41) is 11.9. The van der Waals surface area contributed by atoms with Gasteiger partial charge in [0.25, 0.3) is 5.91 Å². The summed E-state index contributed by atoms with van der Waals surface area (Å²) in [6.45, 7) is 0. The van der Waals surface area contributed by atoms with Crippen LogP contribution in [0.5, 0.6) is 5.75 Å². The first-order chi connectivity index (χ1) is 10.0. The second-order valence-corrected chi connectivity index (χ2v) is 4.54. The van der Waals surface area contributed by atoms with E-state index in [4.69, 9.17) is 21.6 Å². The standard InChI is InChI=1S/C15H10ClFN2O2/c1-21-14-7-10(16)2-4-12(14)15(20)19-13-5-3-11(17)6-9(13)8-18/h2-7H,1H3,(H,19,20). The molecule has 1 N–H and O–H groups in total. The number of anilines is 1. The molecule has 0 unspecified atom stereocenters. The van der Waals surface area contributed by atoms with E-state index in [0.29, 0.717) is 10.8 Å². The number of amides is 1. The summed E-state index contributed by atoms with van der Waals surface area (Å²) in [6.07, 6.45) is 0. The molecule has 2 rings (SSSR count). The molecule has 0 heterocycles. The Bertz CT molecular complexity index is 741. The molecule has 0 saturated carbocycles. The number of carbonyl (C=O) groups is 1. The minimum Gasteiger partial charge on any atom is -0.496 e. The minimum atomic E-state index is -0.548. The zero-order chi connectivity index (χ0) is 15.4. The van der Waals surface area contributed by atoms with Gasteiger partial charge in [-0.25, -0.2) is 4.39 Å². The van der Waals surface area contributed by atoms with Gasteiger partial charge in [-0.2, -0.15) is 5.26 Å². The van der Waals surface area contributed by atoms with Crippen molar-refractivity contribution in [2.24, 2.45) is 0 Å². The molecular weight excluding hydrogens is 295 g/mol. The molecule has 0 bridgehead atoms. The number of carbonyl (C=O) groups excluding carboxylic acids is 1. The van der Waals surface area contributed by atoms with Crippen LogP contribution in [0.2, 0.25) is 5.02 Å². The van der Waals surface area contributed by atoms with Crippen molar-refractivity contribution in [3.8, 4) is 11.8 Å². The van der Waals surface area contributed by atoms with Crippen molar-refractivity contribution in [2.45, 2.75) is 0 Å². The van der Waals surface area contributed by atoms with Crippen LogP contribution < -0.4 is 10.1 Å². The molecule has 0 radical (unpaired) electrons. The third kappa shape index (κ3) is 3.30. The van der Waals surface area contributed by atoms with E-state index in [1.54, 1.807) is 6.07 Å². The van der Waals surface area contributed by atoms with Gasteiger partial charge < -0.3 is 10.1 Å². The molecule has 2 aromatic rings. The molecule has 0 aliphatic carbocycles. The highest BCUT2D eigenvalue weighted by Gasteiger charge is 2.14. The third-order valence-electron chi connectivity index (χ3n) is 2.76. The number of rotatable bonds is 3. The Morgan fingerprint density at radius 1 is 1.33 bits per heavy atom. The Balaban J connectivity index is 2.33. The molecule has 0 aromatic heterocycles. The maximum atomic E-state index is 13.1. The molecule has 4 nitrogen and oxygen atoms in total. The number of benzene rings is 2. The van der Waals surface area contributed by atoms with Gasteiger partial charge in [-0.15, -0.1) is 0 Å². The van der Waals surface area contributed by atoms with Crippen molar-refractivity contribution in [3.63, 3.8) is 0 Å². The number of halogens is 2. The number of nitrogens with one attached hydrogen (secondary N) is 1. The van der Waals surface area contributed by atoms with Gasteiger partial charge in [0.15, 0.2) is 0 Å². The average molecular weight is 305 g/mol. The van der Waals surface area contributed by atoms with Crippen LogP contribution in [0, 0.1) is 17.1 Å². The molecule has 0 atom stereocenters. The van der Waals surface area contributed by atoms with E-state index in [0.717, 1.165) is 12.1 Å². The van der Waals surface area contributed by atoms with Crippen molar-refractivity contribution in [1.82, 2.24) is 0 Å². The molecule has 0 saturated heterocycles. The van der Waals surface area contributed by atoms with E-state index < -0.39 is 11.7 Å². The predicted octanol–water partition coefficient (Wildman–Crippen LogP) is 3.61. The van der Waals surface area contributed by atoms with Gasteiger partial charge in [-0.05, 0) is 36.4 Å². The lowest BCUT2D eigenvalue weighted by molar-refractivity contribution is 0.102. The van der Waals surface area contributed by atoms with Crippen molar-refractivity contribution >= 4 is 23.2 Å². The zero-order valence-corrected chi connectivity index (χ0v) is 11.7. The van der Waals surface area contributed by atoms with Crippen molar-refractivity contribution in [3.05, 3.63) is 58.4 Å². The highest BCUT2D eigenvalue weighted by Crippen LogP contribution is 2.25. The molecule has 2 aromatic carbocycles. The Labute approximate surface area is 125 Å². The molecular formula is C15H10ClFN2O2. The first-order valence-corrected chi connectivity index (χ1v) is 6.27. The van der Waals surface area contributed by atoms with Crippen molar-refractivity contribution in [1.29, 1.82) is 5.26 Å². The lowest BCUT2D eigenvalue weighted by atomic mass is 10.1. The summed E-state index contributed by atoms with van der Waals surface area (Å²) in [7, 11) is 1.42. The van der Waals surface area contributed by atoms with Crippen molar-refractivity contribution < 1.29 is 13.9 Å². The average Bonchev–Trinajstić information content (AvgIpc) is 2.48. The summed E-state index contributed by atoms with van der Waals surface area (Å²) < 4.78 is 18.1. The Kier molecular flexibility index (Phi) is 4.41. The first kappa shape index (κ1) is 14.8. The first-order valence-electron chi connectivity index (χ1n) is 5.89. The monoisotopic (exact) mass is 304 g/mol. The molecule has 0 spiro atoms. The van der Waals surface area contributed by atoms with Gasteiger partial charge in [-0.1, -0.05) is 11.6 Å². The molecule has 0 fully saturated rings. The fourth-order valence-corrected chi connectivity index (χ4v) is 1.92. The number of hydrogen-bond acceptors (Lipinski definition) is 3. The highest BCUT2D eigenvalue weighted by atomic mass is 35.5. The van der Waals surface area contributed by atoms with Crippen LogP contribution in [0.1, 0.15) is 15.9 Å². The highest BCUT2D eigenvalue weighted by molar-refractivity contribution is 6.31. The molecule has 0 aliphatic rings. The number of hydrogen-bond donors (Lipinski definition) is 1. The maximum Gasteiger partial charge on any atom is 0.259 e. The molecule has 6 heteroatoms. The number of ether oxygens (including phenoxy) is 1. The topological polar surface area (TPSA) is 62.1 Å². The lowest BCUT2D eigenvalue weighted by Gasteiger charge is -2.10. The number of nitrogens with zero attached hydrogens (tertiary/aromatic N) is 1. The van der Waals surface area contributed by atoms with Gasteiger partial charge in [0.2, 0.25) is 0 Å². The summed E-state index contributed by atoms with van der Waals surface area (Å²) >= 11 is 5.83. The number of nitriles is 1. The normalized spacial score (nSPS) is 9.81. The summed E-state index contributed by atoms with van der Waals surface area (Å²) in [5.74, 6) is -0.721. The molecule has 0 aliphatic heterocycles. The van der Waals surface area contributed by atoms with E-state index in [-0.39, 0.29) is 16.8 Å². The quantitative estimate of drug-likeness (QED) is 0.942. The van der Waals surface area contributed by atoms with Gasteiger partial charge in [0.05, 0.1) is 23.9 Å². The van der Waals surface area contributed by atoms with Crippen LogP contribution >= 0.6 is 11.6 Å². The Morgan fingerprint density at radius 2 is 2.10 bits per heavy atom. The third-order valence-corrected chi connectivity index (χ3v) is 2.99. The van der Waals surface area contributed by atoms with E-state index in [2.05, 4.69) is 5.32 Å². The summed E-state index contributed by atoms with van der Waals surface area (Å²) in [4.78, 5) is 12.2. The van der Waals surface area contributed by atoms with Gasteiger partial charge in [0.1, 0.15) is 17.6 Å². The smallest absolute Gasteiger partial charge is 0.259 e. The molecule has 106 valence electrons. The van der Waals surface area contributed by atoms with E-state index in [1.165, 1.54) is 25.3 Å². The van der Waals surface area contributed by atoms with Crippen LogP contribution in [-0.2, 0) is 0 Å². The predicted molar refractivity (Wildman–Crippen MR) is 77.1 cm³/mol. The van der Waals surface area contributed by atoms with Crippen molar-refractivity contribution in [2.75, 3.05) is 12.4 Å². The van der Waals surface area contributed by atoms with E-state index >= 15 is 0 Å². The van der Waals surface area contributed by atoms with Crippen LogP contribution in [0.15, 0.2) is 36.4 Å². The van der Waals surface area contributed by atoms with Gasteiger partial charge in [0, 0.05) is 5.02 Å². The Morgan fingerprint density at radius 3 is 2.76 bits per heavy atom. The van der Waals surface area contributed by atoms with Crippen LogP contribution in [0.3, 0.4) is 0 Å². The minimum absolute atomic E-state index is 0.0382. The second-order valence-electron chi connectivity index (χ2n) is 4.10. The van der Waals surface area contributed by atoms with Crippen LogP contribution in [0.25, 0.3) is 0 Å². The SMILES string of the molecule is COc1cc(Cl)ccc1C(=O)Nc1ccc(F)cc1C#N. The summed E-state index contributed by atoms with van der Waals surface area (Å²) in [6, 6.07) is 9.93. The molecule has 21 heavy (non-hydrogen) atoms. The van der Waals surface area contributed by atoms with Gasteiger partial charge in [-0.3, -0.25) is 4.79 Å². The fourth-order valence-electron chi connectivity index (χ4n) is 1.76. The maximum absolute atomic E-state index is 13.1.